The lowest BCUT2D eigenvalue weighted by atomic mass is 10.2. The highest BCUT2D eigenvalue weighted by Crippen LogP contribution is 2.32. The molecule has 1 amide bonds. The van der Waals surface area contributed by atoms with E-state index < -0.39 is 0 Å². The SMILES string of the molecule is O=C(Nc1cc(Cl)ccc1Oc1ccc(Cl)cc1)c1ccncc1. The van der Waals surface area contributed by atoms with Gasteiger partial charge in [0.05, 0.1) is 5.69 Å². The van der Waals surface area contributed by atoms with E-state index in [2.05, 4.69) is 10.3 Å². The van der Waals surface area contributed by atoms with Gasteiger partial charge in [-0.1, -0.05) is 23.2 Å². The van der Waals surface area contributed by atoms with Gasteiger partial charge in [-0.25, -0.2) is 0 Å². The van der Waals surface area contributed by atoms with Crippen LogP contribution in [-0.4, -0.2) is 10.9 Å². The second-order valence-corrected chi connectivity index (χ2v) is 5.76. The molecule has 0 aliphatic heterocycles. The number of rotatable bonds is 4. The molecule has 0 saturated carbocycles. The van der Waals surface area contributed by atoms with Crippen molar-refractivity contribution in [3.05, 3.63) is 82.6 Å². The summed E-state index contributed by atoms with van der Waals surface area (Å²) >= 11 is 11.9. The van der Waals surface area contributed by atoms with Crippen LogP contribution >= 0.6 is 23.2 Å². The number of hydrogen-bond acceptors (Lipinski definition) is 3. The van der Waals surface area contributed by atoms with E-state index in [1.165, 1.54) is 0 Å². The predicted octanol–water partition coefficient (Wildman–Crippen LogP) is 5.43. The maximum atomic E-state index is 12.3. The quantitative estimate of drug-likeness (QED) is 0.676. The van der Waals surface area contributed by atoms with Crippen LogP contribution in [0.15, 0.2) is 67.0 Å². The minimum Gasteiger partial charge on any atom is -0.455 e. The maximum absolute atomic E-state index is 12.3. The van der Waals surface area contributed by atoms with Gasteiger partial charge < -0.3 is 10.1 Å². The van der Waals surface area contributed by atoms with Gasteiger partial charge in [0.1, 0.15) is 5.75 Å². The molecule has 1 heterocycles. The van der Waals surface area contributed by atoms with Crippen LogP contribution in [0.5, 0.6) is 11.5 Å². The van der Waals surface area contributed by atoms with Crippen molar-refractivity contribution in [2.45, 2.75) is 0 Å². The Morgan fingerprint density at radius 1 is 0.917 bits per heavy atom. The second kappa shape index (κ2) is 7.34. The number of halogens is 2. The van der Waals surface area contributed by atoms with Crippen molar-refractivity contribution >= 4 is 34.8 Å². The first-order valence-corrected chi connectivity index (χ1v) is 7.82. The lowest BCUT2D eigenvalue weighted by Crippen LogP contribution is -2.12. The molecule has 0 atom stereocenters. The van der Waals surface area contributed by atoms with Gasteiger partial charge in [-0.2, -0.15) is 0 Å². The van der Waals surface area contributed by atoms with E-state index in [9.17, 15) is 4.79 Å². The molecule has 0 aliphatic rings. The molecule has 1 aromatic heterocycles. The number of anilines is 1. The molecule has 2 aromatic carbocycles. The fraction of sp³-hybridized carbons (Fsp3) is 0. The van der Waals surface area contributed by atoms with Gasteiger partial charge in [0.25, 0.3) is 5.91 Å². The minimum atomic E-state index is -0.277. The minimum absolute atomic E-state index is 0.277. The number of nitrogens with zero attached hydrogens (tertiary/aromatic N) is 1. The fourth-order valence-electron chi connectivity index (χ4n) is 2.02. The number of benzene rings is 2. The summed E-state index contributed by atoms with van der Waals surface area (Å²) in [5.41, 5.74) is 0.960. The van der Waals surface area contributed by atoms with Gasteiger partial charge in [-0.15, -0.1) is 0 Å². The lowest BCUT2D eigenvalue weighted by molar-refractivity contribution is 0.102. The molecule has 4 nitrogen and oxygen atoms in total. The summed E-state index contributed by atoms with van der Waals surface area (Å²) in [4.78, 5) is 16.2. The van der Waals surface area contributed by atoms with Gasteiger partial charge in [-0.05, 0) is 54.6 Å². The molecule has 3 rings (SSSR count). The summed E-state index contributed by atoms with van der Waals surface area (Å²) in [6, 6.07) is 15.2. The largest absolute Gasteiger partial charge is 0.455 e. The first-order chi connectivity index (χ1) is 11.6. The van der Waals surface area contributed by atoms with E-state index in [0.717, 1.165) is 0 Å². The number of carbonyl (C=O) groups is 1. The smallest absolute Gasteiger partial charge is 0.255 e. The molecular weight excluding hydrogens is 347 g/mol. The zero-order chi connectivity index (χ0) is 16.9. The monoisotopic (exact) mass is 358 g/mol. The zero-order valence-corrected chi connectivity index (χ0v) is 13.9. The molecule has 0 aliphatic carbocycles. The molecule has 1 N–H and O–H groups in total. The number of ether oxygens (including phenoxy) is 1. The van der Waals surface area contributed by atoms with Crippen LogP contribution in [0.3, 0.4) is 0 Å². The van der Waals surface area contributed by atoms with Crippen molar-refractivity contribution < 1.29 is 9.53 Å². The van der Waals surface area contributed by atoms with Gasteiger partial charge >= 0.3 is 0 Å². The highest BCUT2D eigenvalue weighted by atomic mass is 35.5. The van der Waals surface area contributed by atoms with Crippen LogP contribution in [0.1, 0.15) is 10.4 Å². The van der Waals surface area contributed by atoms with Crippen molar-refractivity contribution in [3.8, 4) is 11.5 Å². The van der Waals surface area contributed by atoms with Crippen molar-refractivity contribution in [2.75, 3.05) is 5.32 Å². The Kier molecular flexibility index (Phi) is 4.99. The maximum Gasteiger partial charge on any atom is 0.255 e. The summed E-state index contributed by atoms with van der Waals surface area (Å²) < 4.78 is 5.81. The summed E-state index contributed by atoms with van der Waals surface area (Å²) in [5.74, 6) is 0.797. The molecule has 0 unspecified atom stereocenters. The molecule has 0 saturated heterocycles. The number of amides is 1. The molecule has 0 bridgehead atoms. The average molecular weight is 359 g/mol. The van der Waals surface area contributed by atoms with Crippen LogP contribution in [0.4, 0.5) is 5.69 Å². The van der Waals surface area contributed by atoms with Crippen LogP contribution in [0.2, 0.25) is 10.0 Å². The number of carbonyl (C=O) groups excluding carboxylic acids is 1. The van der Waals surface area contributed by atoms with Gasteiger partial charge in [0.2, 0.25) is 0 Å². The molecule has 0 fully saturated rings. The molecule has 0 radical (unpaired) electrons. The predicted molar refractivity (Wildman–Crippen MR) is 95.2 cm³/mol. The Balaban J connectivity index is 1.85. The lowest BCUT2D eigenvalue weighted by Gasteiger charge is -2.13. The Bertz CT molecular complexity index is 853. The topological polar surface area (TPSA) is 51.2 Å². The van der Waals surface area contributed by atoms with Crippen LogP contribution < -0.4 is 10.1 Å². The summed E-state index contributed by atoms with van der Waals surface area (Å²) in [5, 5.41) is 3.90. The molecule has 0 spiro atoms. The van der Waals surface area contributed by atoms with E-state index in [-0.39, 0.29) is 5.91 Å². The Hall–Kier alpha value is -2.56. The van der Waals surface area contributed by atoms with E-state index >= 15 is 0 Å². The van der Waals surface area contributed by atoms with Gasteiger partial charge in [0, 0.05) is 28.0 Å². The molecule has 24 heavy (non-hydrogen) atoms. The third-order valence-corrected chi connectivity index (χ3v) is 3.66. The number of hydrogen-bond donors (Lipinski definition) is 1. The summed E-state index contributed by atoms with van der Waals surface area (Å²) in [6.07, 6.45) is 3.11. The normalized spacial score (nSPS) is 10.2. The average Bonchev–Trinajstić information content (AvgIpc) is 2.60. The second-order valence-electron chi connectivity index (χ2n) is 4.89. The van der Waals surface area contributed by atoms with E-state index in [4.69, 9.17) is 27.9 Å². The highest BCUT2D eigenvalue weighted by molar-refractivity contribution is 6.31. The fourth-order valence-corrected chi connectivity index (χ4v) is 2.31. The highest BCUT2D eigenvalue weighted by Gasteiger charge is 2.11. The molecule has 3 aromatic rings. The standard InChI is InChI=1S/C18H12Cl2N2O2/c19-13-1-4-15(5-2-13)24-17-6-3-14(20)11-16(17)22-18(23)12-7-9-21-10-8-12/h1-11H,(H,22,23). The van der Waals surface area contributed by atoms with Gasteiger partial charge in [-0.3, -0.25) is 9.78 Å². The number of pyridine rings is 1. The number of nitrogens with one attached hydrogen (secondary N) is 1. The van der Waals surface area contributed by atoms with Crippen LogP contribution in [0, 0.1) is 0 Å². The van der Waals surface area contributed by atoms with Crippen molar-refractivity contribution in [3.63, 3.8) is 0 Å². The third-order valence-electron chi connectivity index (χ3n) is 3.17. The summed E-state index contributed by atoms with van der Waals surface area (Å²) in [6.45, 7) is 0. The third kappa shape index (κ3) is 4.04. The van der Waals surface area contributed by atoms with Crippen LogP contribution in [-0.2, 0) is 0 Å². The van der Waals surface area contributed by atoms with Crippen molar-refractivity contribution in [1.82, 2.24) is 4.98 Å². The van der Waals surface area contributed by atoms with E-state index in [1.54, 1.807) is 67.0 Å². The van der Waals surface area contributed by atoms with Crippen LogP contribution in [0.25, 0.3) is 0 Å². The van der Waals surface area contributed by atoms with E-state index in [0.29, 0.717) is 32.8 Å². The molecular formula is C18H12Cl2N2O2. The Morgan fingerprint density at radius 3 is 2.29 bits per heavy atom. The Labute approximate surface area is 149 Å². The zero-order valence-electron chi connectivity index (χ0n) is 12.4. The molecule has 120 valence electrons. The van der Waals surface area contributed by atoms with E-state index in [1.807, 2.05) is 0 Å². The summed E-state index contributed by atoms with van der Waals surface area (Å²) in [7, 11) is 0. The van der Waals surface area contributed by atoms with Gasteiger partial charge in [0.15, 0.2) is 5.75 Å². The molecule has 6 heteroatoms. The van der Waals surface area contributed by atoms with Crippen molar-refractivity contribution in [2.24, 2.45) is 0 Å². The first kappa shape index (κ1) is 16.3. The first-order valence-electron chi connectivity index (χ1n) is 7.06. The Morgan fingerprint density at radius 2 is 1.58 bits per heavy atom. The van der Waals surface area contributed by atoms with Crippen molar-refractivity contribution in [1.29, 1.82) is 0 Å². The number of aromatic nitrogens is 1.